The van der Waals surface area contributed by atoms with Gasteiger partial charge in [0.15, 0.2) is 0 Å². The number of primary amides is 3. The van der Waals surface area contributed by atoms with Gasteiger partial charge in [0.1, 0.15) is 6.04 Å². The summed E-state index contributed by atoms with van der Waals surface area (Å²) in [5.41, 5.74) is 14.5. The highest BCUT2D eigenvalue weighted by Gasteiger charge is 2.16. The van der Waals surface area contributed by atoms with E-state index in [1.807, 2.05) is 0 Å². The van der Waals surface area contributed by atoms with Crippen molar-refractivity contribution >= 4 is 45.2 Å². The van der Waals surface area contributed by atoms with Gasteiger partial charge in [-0.25, -0.2) is 0 Å². The molecule has 8 nitrogen and oxygen atoms in total. The largest absolute Gasteiger partial charge is 0.370 e. The average Bonchev–Trinajstić information content (AvgIpc) is 2.25. The normalized spacial score (nSPS) is 10.7. The summed E-state index contributed by atoms with van der Waals surface area (Å²) in [4.78, 5) is 41.3. The van der Waals surface area contributed by atoms with Crippen molar-refractivity contribution in [2.24, 2.45) is 17.2 Å². The summed E-state index contributed by atoms with van der Waals surface area (Å²) in [5, 5.41) is 2.44. The predicted octanol–water partition coefficient (Wildman–Crippen LogP) is -1.28. The van der Waals surface area contributed by atoms with Gasteiger partial charge in [-0.15, -0.1) is 0 Å². The molecule has 20 heavy (non-hydrogen) atoms. The van der Waals surface area contributed by atoms with Crippen LogP contribution >= 0.6 is 21.6 Å². The SMILES string of the molecule is CC(=O)NC(CSSCCC(N)=O)C(N)=O.CC(N)=O. The molecule has 0 aliphatic heterocycles. The minimum atomic E-state index is -0.677. The highest BCUT2D eigenvalue weighted by molar-refractivity contribution is 8.76. The molecule has 7 N–H and O–H groups in total. The molecule has 1 atom stereocenters. The summed E-state index contributed by atoms with van der Waals surface area (Å²) in [7, 11) is 2.78. The van der Waals surface area contributed by atoms with Gasteiger partial charge in [-0.2, -0.15) is 0 Å². The Kier molecular flexibility index (Phi) is 13.2. The van der Waals surface area contributed by atoms with Crippen molar-refractivity contribution < 1.29 is 19.2 Å². The maximum atomic E-state index is 10.9. The van der Waals surface area contributed by atoms with E-state index >= 15 is 0 Å². The molecule has 0 aliphatic rings. The van der Waals surface area contributed by atoms with Crippen LogP contribution in [0.15, 0.2) is 0 Å². The first-order valence-corrected chi connectivity index (χ1v) is 8.00. The summed E-state index contributed by atoms with van der Waals surface area (Å²) in [6, 6.07) is -0.677. The van der Waals surface area contributed by atoms with Crippen molar-refractivity contribution in [3.63, 3.8) is 0 Å². The van der Waals surface area contributed by atoms with Crippen LogP contribution in [0.5, 0.6) is 0 Å². The number of amides is 4. The molecule has 0 aromatic rings. The van der Waals surface area contributed by atoms with Crippen molar-refractivity contribution in [2.75, 3.05) is 11.5 Å². The molecule has 0 rings (SSSR count). The Hall–Kier alpha value is -1.42. The van der Waals surface area contributed by atoms with E-state index < -0.39 is 11.9 Å². The quantitative estimate of drug-likeness (QED) is 0.321. The third kappa shape index (κ3) is 18.9. The van der Waals surface area contributed by atoms with Crippen LogP contribution in [0.4, 0.5) is 0 Å². The first-order chi connectivity index (χ1) is 9.16. The summed E-state index contributed by atoms with van der Waals surface area (Å²) in [6.45, 7) is 2.63. The van der Waals surface area contributed by atoms with Crippen molar-refractivity contribution in [3.8, 4) is 0 Å². The van der Waals surface area contributed by atoms with Crippen LogP contribution in [0.2, 0.25) is 0 Å². The average molecular weight is 324 g/mol. The monoisotopic (exact) mass is 324 g/mol. The van der Waals surface area contributed by atoms with E-state index in [4.69, 9.17) is 11.5 Å². The van der Waals surface area contributed by atoms with Gasteiger partial charge in [-0.1, -0.05) is 21.6 Å². The maximum absolute atomic E-state index is 10.9. The van der Waals surface area contributed by atoms with E-state index in [1.165, 1.54) is 35.4 Å². The number of carbonyl (C=O) groups is 4. The number of hydrogen-bond acceptors (Lipinski definition) is 6. The minimum absolute atomic E-state index is 0.291. The standard InChI is InChI=1S/C8H15N3O3S2.C2H5NO/c1-5(12)11-6(8(10)14)4-16-15-3-2-7(9)13;1-2(3)4/h6H,2-4H2,1H3,(H2,9,13)(H2,10,14)(H,11,12);1H3,(H2,3,4). The second-order valence-corrected chi connectivity index (χ2v) is 6.22. The zero-order valence-electron chi connectivity index (χ0n) is 11.4. The van der Waals surface area contributed by atoms with E-state index in [-0.39, 0.29) is 17.7 Å². The minimum Gasteiger partial charge on any atom is -0.370 e. The summed E-state index contributed by atoms with van der Waals surface area (Å²) < 4.78 is 0. The Morgan fingerprint density at radius 3 is 1.90 bits per heavy atom. The van der Waals surface area contributed by atoms with E-state index in [1.54, 1.807) is 0 Å². The first-order valence-electron chi connectivity index (χ1n) is 5.52. The molecule has 0 bridgehead atoms. The molecule has 10 heteroatoms. The molecule has 0 saturated heterocycles. The fourth-order valence-corrected chi connectivity index (χ4v) is 2.94. The van der Waals surface area contributed by atoms with Crippen molar-refractivity contribution in [2.45, 2.75) is 26.3 Å². The third-order valence-corrected chi connectivity index (χ3v) is 3.89. The number of rotatable bonds is 8. The predicted molar refractivity (Wildman–Crippen MR) is 80.4 cm³/mol. The zero-order valence-corrected chi connectivity index (χ0v) is 13.0. The molecule has 0 aliphatic carbocycles. The zero-order chi connectivity index (χ0) is 16.1. The molecular weight excluding hydrogens is 304 g/mol. The Morgan fingerprint density at radius 1 is 1.05 bits per heavy atom. The molecule has 0 spiro atoms. The molecule has 116 valence electrons. The van der Waals surface area contributed by atoms with Gasteiger partial charge >= 0.3 is 0 Å². The van der Waals surface area contributed by atoms with Gasteiger partial charge < -0.3 is 22.5 Å². The van der Waals surface area contributed by atoms with Gasteiger partial charge in [0.05, 0.1) is 0 Å². The van der Waals surface area contributed by atoms with Crippen molar-refractivity contribution in [1.82, 2.24) is 5.32 Å². The molecular formula is C10H20N4O4S2. The second-order valence-electron chi connectivity index (χ2n) is 3.59. The van der Waals surface area contributed by atoms with E-state index in [0.717, 1.165) is 0 Å². The third-order valence-electron chi connectivity index (χ3n) is 1.47. The lowest BCUT2D eigenvalue weighted by molar-refractivity contribution is -0.125. The van der Waals surface area contributed by atoms with Crippen LogP contribution in [0.25, 0.3) is 0 Å². The summed E-state index contributed by atoms with van der Waals surface area (Å²) in [5.74, 6) is -0.615. The van der Waals surface area contributed by atoms with Crippen molar-refractivity contribution in [3.05, 3.63) is 0 Å². The highest BCUT2D eigenvalue weighted by atomic mass is 33.1. The lowest BCUT2D eigenvalue weighted by atomic mass is 10.3. The van der Waals surface area contributed by atoms with E-state index in [0.29, 0.717) is 17.9 Å². The van der Waals surface area contributed by atoms with Crippen LogP contribution in [-0.4, -0.2) is 41.2 Å². The number of nitrogens with one attached hydrogen (secondary N) is 1. The molecule has 0 radical (unpaired) electrons. The number of nitrogens with two attached hydrogens (primary N) is 3. The van der Waals surface area contributed by atoms with E-state index in [2.05, 4.69) is 11.1 Å². The van der Waals surface area contributed by atoms with Crippen LogP contribution in [0.1, 0.15) is 20.3 Å². The fourth-order valence-electron chi connectivity index (χ4n) is 0.758. The van der Waals surface area contributed by atoms with Crippen molar-refractivity contribution in [1.29, 1.82) is 0 Å². The molecule has 0 aromatic carbocycles. The maximum Gasteiger partial charge on any atom is 0.240 e. The topological polar surface area (TPSA) is 158 Å². The molecule has 0 fully saturated rings. The van der Waals surface area contributed by atoms with Crippen LogP contribution < -0.4 is 22.5 Å². The van der Waals surface area contributed by atoms with Crippen LogP contribution in [0, 0.1) is 0 Å². The first kappa shape index (κ1) is 20.9. The molecule has 1 unspecified atom stereocenters. The van der Waals surface area contributed by atoms with Gasteiger partial charge in [-0.05, 0) is 0 Å². The summed E-state index contributed by atoms with van der Waals surface area (Å²) in [6.07, 6.45) is 0.291. The Labute approximate surface area is 125 Å². The Bertz CT molecular complexity index is 348. The van der Waals surface area contributed by atoms with Crippen LogP contribution in [0.3, 0.4) is 0 Å². The number of carbonyl (C=O) groups excluding carboxylic acids is 4. The van der Waals surface area contributed by atoms with E-state index in [9.17, 15) is 19.2 Å². The Balaban J connectivity index is 0. The van der Waals surface area contributed by atoms with Crippen LogP contribution in [-0.2, 0) is 19.2 Å². The molecule has 0 aromatic heterocycles. The van der Waals surface area contributed by atoms with Gasteiger partial charge in [0, 0.05) is 31.8 Å². The highest BCUT2D eigenvalue weighted by Crippen LogP contribution is 2.22. The molecule has 4 amide bonds. The van der Waals surface area contributed by atoms with Gasteiger partial charge in [-0.3, -0.25) is 19.2 Å². The lowest BCUT2D eigenvalue weighted by Crippen LogP contribution is -2.45. The Morgan fingerprint density at radius 2 is 1.55 bits per heavy atom. The van der Waals surface area contributed by atoms with Gasteiger partial charge in [0.2, 0.25) is 23.6 Å². The summed E-state index contributed by atoms with van der Waals surface area (Å²) >= 11 is 0. The fraction of sp³-hybridized carbons (Fsp3) is 0.600. The lowest BCUT2D eigenvalue weighted by Gasteiger charge is -2.12. The number of hydrogen-bond donors (Lipinski definition) is 4. The molecule has 0 heterocycles. The smallest absolute Gasteiger partial charge is 0.240 e. The molecule has 0 saturated carbocycles. The van der Waals surface area contributed by atoms with Gasteiger partial charge in [0.25, 0.3) is 0 Å². The second kappa shape index (κ2) is 12.6.